The van der Waals surface area contributed by atoms with Gasteiger partial charge in [0, 0.05) is 18.4 Å². The Balaban J connectivity index is 1.69. The highest BCUT2D eigenvalue weighted by Crippen LogP contribution is 2.50. The van der Waals surface area contributed by atoms with Gasteiger partial charge in [-0.1, -0.05) is 12.1 Å². The van der Waals surface area contributed by atoms with Crippen LogP contribution in [0.4, 0.5) is 35.5 Å². The van der Waals surface area contributed by atoms with Gasteiger partial charge < -0.3 is 14.6 Å². The lowest BCUT2D eigenvalue weighted by molar-refractivity contribution is -0.143. The number of halogens is 7. The van der Waals surface area contributed by atoms with Crippen molar-refractivity contribution in [2.75, 3.05) is 13.7 Å². The molecule has 0 bridgehead atoms. The van der Waals surface area contributed by atoms with E-state index in [-0.39, 0.29) is 24.1 Å². The number of amides is 1. The van der Waals surface area contributed by atoms with E-state index in [1.54, 1.807) is 0 Å². The Kier molecular flexibility index (Phi) is 7.68. The van der Waals surface area contributed by atoms with Crippen LogP contribution < -0.4 is 0 Å². The molecule has 12 heteroatoms. The van der Waals surface area contributed by atoms with Crippen LogP contribution in [0.15, 0.2) is 42.5 Å². The Morgan fingerprint density at radius 1 is 1.00 bits per heavy atom. The lowest BCUT2D eigenvalue weighted by atomic mass is 9.68. The van der Waals surface area contributed by atoms with Crippen LogP contribution in [0.1, 0.15) is 54.0 Å². The fraction of sp³-hybridized carbons (Fsp3) is 0.500. The molecular formula is C26H26F7NO4. The first-order valence-electron chi connectivity index (χ1n) is 11.9. The van der Waals surface area contributed by atoms with Gasteiger partial charge in [-0.3, -0.25) is 4.90 Å². The van der Waals surface area contributed by atoms with Crippen molar-refractivity contribution in [3.8, 4) is 0 Å². The number of nitrogens with zero attached hydrogens (tertiary/aromatic N) is 1. The molecule has 2 fully saturated rings. The summed E-state index contributed by atoms with van der Waals surface area (Å²) in [6.45, 7) is 1.55. The van der Waals surface area contributed by atoms with Gasteiger partial charge in [0.1, 0.15) is 12.0 Å². The van der Waals surface area contributed by atoms with E-state index in [4.69, 9.17) is 9.47 Å². The summed E-state index contributed by atoms with van der Waals surface area (Å²) in [4.78, 5) is 13.4. The summed E-state index contributed by atoms with van der Waals surface area (Å²) < 4.78 is 105. The SMILES string of the molecule is COC(=O)N1C[C@H]2CC[C@H](O[C@H](C)c3cc(C(F)(F)F)cc(C(F)(F)F)c3)[C@@H](c3ccc(F)cc3)[C@@H]2C1O. The minimum absolute atomic E-state index is 0.0546. The minimum atomic E-state index is -5.00. The minimum Gasteiger partial charge on any atom is -0.453 e. The third-order valence-corrected chi connectivity index (χ3v) is 7.40. The van der Waals surface area contributed by atoms with Crippen LogP contribution in [0.3, 0.4) is 0 Å². The van der Waals surface area contributed by atoms with Crippen molar-refractivity contribution < 1.29 is 50.1 Å². The number of rotatable bonds is 4. The molecule has 1 N–H and O–H groups in total. The van der Waals surface area contributed by atoms with Crippen LogP contribution in [0.25, 0.3) is 0 Å². The highest BCUT2D eigenvalue weighted by molar-refractivity contribution is 5.68. The molecule has 2 aliphatic rings. The van der Waals surface area contributed by atoms with E-state index in [2.05, 4.69) is 0 Å². The summed E-state index contributed by atoms with van der Waals surface area (Å²) in [6.07, 6.45) is -13.1. The van der Waals surface area contributed by atoms with Gasteiger partial charge in [0.15, 0.2) is 0 Å². The van der Waals surface area contributed by atoms with E-state index in [0.29, 0.717) is 30.5 Å². The number of hydrogen-bond donors (Lipinski definition) is 1. The second-order valence-corrected chi connectivity index (χ2v) is 9.68. The van der Waals surface area contributed by atoms with E-state index in [1.165, 1.54) is 43.2 Å². The maximum atomic E-state index is 13.7. The standard InChI is InChI=1S/C26H26F7NO4/c1-13(16-9-17(25(28,29)30)11-18(10-16)26(31,32)33)38-20-8-5-15-12-34(24(36)37-2)23(35)22(15)21(20)14-3-6-19(27)7-4-14/h3-4,6-7,9-11,13,15,20-23,35H,5,8,12H2,1-2H3/t13-,15-,20+,21-,22-,23?/m1/s1. The molecule has 1 unspecified atom stereocenters. The number of benzene rings is 2. The Hall–Kier alpha value is -2.86. The van der Waals surface area contributed by atoms with Gasteiger partial charge in [-0.25, -0.2) is 9.18 Å². The summed E-state index contributed by atoms with van der Waals surface area (Å²) >= 11 is 0. The molecule has 38 heavy (non-hydrogen) atoms. The molecule has 4 rings (SSSR count). The number of carbonyl (C=O) groups is 1. The molecule has 1 aliphatic carbocycles. The number of aliphatic hydroxyl groups excluding tert-OH is 1. The van der Waals surface area contributed by atoms with Gasteiger partial charge in [0.2, 0.25) is 0 Å². The number of alkyl halides is 6. The van der Waals surface area contributed by atoms with Gasteiger partial charge in [-0.2, -0.15) is 26.3 Å². The van der Waals surface area contributed by atoms with E-state index < -0.39 is 65.7 Å². The highest BCUT2D eigenvalue weighted by Gasteiger charge is 2.52. The monoisotopic (exact) mass is 549 g/mol. The summed E-state index contributed by atoms with van der Waals surface area (Å²) in [5.41, 5.74) is -2.65. The fourth-order valence-electron chi connectivity index (χ4n) is 5.63. The number of ether oxygens (including phenoxy) is 2. The number of aliphatic hydroxyl groups is 1. The Morgan fingerprint density at radius 2 is 1.58 bits per heavy atom. The molecule has 0 aromatic heterocycles. The third kappa shape index (κ3) is 5.61. The molecule has 2 aromatic rings. The molecule has 1 saturated carbocycles. The second-order valence-electron chi connectivity index (χ2n) is 9.68. The molecule has 1 saturated heterocycles. The van der Waals surface area contributed by atoms with Gasteiger partial charge in [0.25, 0.3) is 0 Å². The summed E-state index contributed by atoms with van der Waals surface area (Å²) in [5, 5.41) is 11.0. The quantitative estimate of drug-likeness (QED) is 0.442. The fourth-order valence-corrected chi connectivity index (χ4v) is 5.63. The average Bonchev–Trinajstić information content (AvgIpc) is 3.19. The summed E-state index contributed by atoms with van der Waals surface area (Å²) in [6, 6.07) is 6.71. The molecule has 1 amide bonds. The highest BCUT2D eigenvalue weighted by atomic mass is 19.4. The van der Waals surface area contributed by atoms with Crippen LogP contribution >= 0.6 is 0 Å². The zero-order chi connectivity index (χ0) is 28.0. The van der Waals surface area contributed by atoms with Crippen molar-refractivity contribution in [3.63, 3.8) is 0 Å². The Labute approximate surface area is 214 Å². The number of hydrogen-bond acceptors (Lipinski definition) is 4. The normalized spacial score (nSPS) is 26.7. The number of carbonyl (C=O) groups excluding carboxylic acids is 1. The van der Waals surface area contributed by atoms with E-state index in [1.807, 2.05) is 0 Å². The third-order valence-electron chi connectivity index (χ3n) is 7.40. The number of methoxy groups -OCH3 is 1. The predicted octanol–water partition coefficient (Wildman–Crippen LogP) is 6.52. The first-order valence-corrected chi connectivity index (χ1v) is 11.9. The van der Waals surface area contributed by atoms with Crippen LogP contribution in [0.5, 0.6) is 0 Å². The number of likely N-dealkylation sites (tertiary alicyclic amines) is 1. The smallest absolute Gasteiger partial charge is 0.416 e. The molecule has 0 radical (unpaired) electrons. The summed E-state index contributed by atoms with van der Waals surface area (Å²) in [7, 11) is 1.17. The van der Waals surface area contributed by atoms with Crippen molar-refractivity contribution in [2.45, 2.75) is 56.5 Å². The van der Waals surface area contributed by atoms with Crippen LogP contribution in [0, 0.1) is 17.7 Å². The molecule has 0 spiro atoms. The molecule has 6 atom stereocenters. The maximum absolute atomic E-state index is 13.7. The maximum Gasteiger partial charge on any atom is 0.416 e. The lowest BCUT2D eigenvalue weighted by Gasteiger charge is -2.42. The van der Waals surface area contributed by atoms with Crippen molar-refractivity contribution in [1.82, 2.24) is 4.90 Å². The van der Waals surface area contributed by atoms with E-state index in [9.17, 15) is 40.6 Å². The Morgan fingerprint density at radius 3 is 2.11 bits per heavy atom. The van der Waals surface area contributed by atoms with Crippen molar-refractivity contribution in [3.05, 3.63) is 70.5 Å². The van der Waals surface area contributed by atoms with E-state index >= 15 is 0 Å². The number of fused-ring (bicyclic) bond motifs is 1. The molecule has 2 aromatic carbocycles. The predicted molar refractivity (Wildman–Crippen MR) is 120 cm³/mol. The zero-order valence-electron chi connectivity index (χ0n) is 20.4. The first-order chi connectivity index (χ1) is 17.7. The van der Waals surface area contributed by atoms with Crippen LogP contribution in [0.2, 0.25) is 0 Å². The Bertz CT molecular complexity index is 1120. The largest absolute Gasteiger partial charge is 0.453 e. The molecular weight excluding hydrogens is 523 g/mol. The first kappa shape index (κ1) is 28.2. The molecule has 1 aliphatic heterocycles. The van der Waals surface area contributed by atoms with Crippen LogP contribution in [-0.2, 0) is 21.8 Å². The van der Waals surface area contributed by atoms with Gasteiger partial charge in [-0.15, -0.1) is 0 Å². The van der Waals surface area contributed by atoms with Gasteiger partial charge >= 0.3 is 18.4 Å². The summed E-state index contributed by atoms with van der Waals surface area (Å²) in [5.74, 6) is -1.91. The topological polar surface area (TPSA) is 59.0 Å². The van der Waals surface area contributed by atoms with Crippen molar-refractivity contribution in [2.24, 2.45) is 11.8 Å². The van der Waals surface area contributed by atoms with E-state index in [0.717, 1.165) is 0 Å². The van der Waals surface area contributed by atoms with Crippen molar-refractivity contribution in [1.29, 1.82) is 0 Å². The molecule has 5 nitrogen and oxygen atoms in total. The average molecular weight is 549 g/mol. The van der Waals surface area contributed by atoms with Gasteiger partial charge in [0.05, 0.1) is 30.4 Å². The molecule has 1 heterocycles. The lowest BCUT2D eigenvalue weighted by Crippen LogP contribution is -2.43. The molecule has 208 valence electrons. The zero-order valence-corrected chi connectivity index (χ0v) is 20.4. The van der Waals surface area contributed by atoms with Crippen molar-refractivity contribution >= 4 is 6.09 Å². The van der Waals surface area contributed by atoms with Crippen LogP contribution in [-0.4, -0.2) is 42.1 Å². The van der Waals surface area contributed by atoms with Gasteiger partial charge in [-0.05, 0) is 67.1 Å². The second kappa shape index (κ2) is 10.4.